The largest absolute Gasteiger partial charge is 0.362 e. The molecule has 0 N–H and O–H groups in total. The minimum Gasteiger partial charge on any atom is -0.362 e. The molecule has 4 heteroatoms. The van der Waals surface area contributed by atoms with Gasteiger partial charge < -0.3 is 4.90 Å². The van der Waals surface area contributed by atoms with E-state index in [4.69, 9.17) is 0 Å². The number of fused-ring (bicyclic) bond motifs is 1. The zero-order valence-electron chi connectivity index (χ0n) is 13.9. The molecule has 0 atom stereocenters. The summed E-state index contributed by atoms with van der Waals surface area (Å²) in [4.78, 5) is 18.8. The summed E-state index contributed by atoms with van der Waals surface area (Å²) in [6.07, 6.45) is 0. The van der Waals surface area contributed by atoms with Gasteiger partial charge in [0.2, 0.25) is 0 Å². The summed E-state index contributed by atoms with van der Waals surface area (Å²) in [5.74, 6) is 1.10. The molecule has 23 heavy (non-hydrogen) atoms. The number of rotatable bonds is 3. The number of nitrogens with zero attached hydrogens (tertiary/aromatic N) is 3. The van der Waals surface area contributed by atoms with Gasteiger partial charge in [0.25, 0.3) is 0 Å². The predicted molar refractivity (Wildman–Crippen MR) is 95.8 cm³/mol. The number of hydrogen-bond acceptors (Lipinski definition) is 3. The fraction of sp³-hybridized carbons (Fsp3) is 0.263. The lowest BCUT2D eigenvalue weighted by molar-refractivity contribution is 0.864. The molecular weight excluding hydrogens is 286 g/mol. The Morgan fingerprint density at radius 3 is 2.35 bits per heavy atom. The van der Waals surface area contributed by atoms with Crippen molar-refractivity contribution in [3.05, 3.63) is 64.6 Å². The summed E-state index contributed by atoms with van der Waals surface area (Å²) in [7, 11) is 3.81. The molecule has 0 spiro atoms. The van der Waals surface area contributed by atoms with Crippen molar-refractivity contribution in [3.63, 3.8) is 0 Å². The van der Waals surface area contributed by atoms with Crippen molar-refractivity contribution in [2.75, 3.05) is 19.0 Å². The van der Waals surface area contributed by atoms with Gasteiger partial charge in [0.15, 0.2) is 0 Å². The van der Waals surface area contributed by atoms with Crippen LogP contribution in [0.3, 0.4) is 0 Å². The average molecular weight is 307 g/mol. The summed E-state index contributed by atoms with van der Waals surface area (Å²) < 4.78 is 1.69. The highest BCUT2D eigenvalue weighted by molar-refractivity contribution is 5.91. The van der Waals surface area contributed by atoms with E-state index in [1.54, 1.807) is 4.57 Å². The Morgan fingerprint density at radius 1 is 1.04 bits per heavy atom. The monoisotopic (exact) mass is 307 g/mol. The molecule has 0 aliphatic rings. The maximum Gasteiger partial charge on any atom is 0.354 e. The van der Waals surface area contributed by atoms with Gasteiger partial charge in [-0.3, -0.25) is 4.57 Å². The van der Waals surface area contributed by atoms with Crippen LogP contribution in [0.15, 0.2) is 53.3 Å². The van der Waals surface area contributed by atoms with Gasteiger partial charge >= 0.3 is 5.69 Å². The lowest BCUT2D eigenvalue weighted by Gasteiger charge is -2.18. The standard InChI is InChI=1S/C19H21N3O/c1-13(2)14-10-11-16-17(12-14)22(15-8-6-5-7-9-15)19(23)20-18(16)21(3)4/h5-13H,1-4H3. The molecule has 3 aromatic rings. The van der Waals surface area contributed by atoms with Crippen molar-refractivity contribution in [1.29, 1.82) is 0 Å². The maximum atomic E-state index is 12.7. The first-order valence-electron chi connectivity index (χ1n) is 7.78. The van der Waals surface area contributed by atoms with Crippen molar-refractivity contribution in [3.8, 4) is 5.69 Å². The molecule has 0 unspecified atom stereocenters. The van der Waals surface area contributed by atoms with Crippen LogP contribution >= 0.6 is 0 Å². The van der Waals surface area contributed by atoms with E-state index >= 15 is 0 Å². The van der Waals surface area contributed by atoms with Crippen LogP contribution in [-0.4, -0.2) is 23.6 Å². The summed E-state index contributed by atoms with van der Waals surface area (Å²) in [6, 6.07) is 15.9. The summed E-state index contributed by atoms with van der Waals surface area (Å²) >= 11 is 0. The Kier molecular flexibility index (Phi) is 3.90. The highest BCUT2D eigenvalue weighted by Crippen LogP contribution is 2.27. The number of aromatic nitrogens is 2. The van der Waals surface area contributed by atoms with E-state index in [1.165, 1.54) is 5.56 Å². The van der Waals surface area contributed by atoms with Crippen LogP contribution in [0.5, 0.6) is 0 Å². The molecule has 3 rings (SSSR count). The smallest absolute Gasteiger partial charge is 0.354 e. The lowest BCUT2D eigenvalue weighted by atomic mass is 10.0. The van der Waals surface area contributed by atoms with Gasteiger partial charge in [-0.05, 0) is 35.7 Å². The van der Waals surface area contributed by atoms with Gasteiger partial charge in [-0.1, -0.05) is 38.1 Å². The molecule has 0 fully saturated rings. The van der Waals surface area contributed by atoms with Gasteiger partial charge in [0.1, 0.15) is 5.82 Å². The van der Waals surface area contributed by atoms with E-state index in [0.29, 0.717) is 11.7 Å². The SMILES string of the molecule is CC(C)c1ccc2c(N(C)C)nc(=O)n(-c3ccccc3)c2c1. The summed E-state index contributed by atoms with van der Waals surface area (Å²) in [5.41, 5.74) is 2.68. The van der Waals surface area contributed by atoms with Crippen LogP contribution in [0.25, 0.3) is 16.6 Å². The van der Waals surface area contributed by atoms with E-state index < -0.39 is 0 Å². The van der Waals surface area contributed by atoms with E-state index in [9.17, 15) is 4.79 Å². The molecule has 1 heterocycles. The molecule has 0 saturated heterocycles. The van der Waals surface area contributed by atoms with Crippen LogP contribution in [0, 0.1) is 0 Å². The molecule has 118 valence electrons. The third-order valence-electron chi connectivity index (χ3n) is 4.00. The second-order valence-corrected chi connectivity index (χ2v) is 6.21. The second kappa shape index (κ2) is 5.88. The first-order valence-corrected chi connectivity index (χ1v) is 7.78. The summed E-state index contributed by atoms with van der Waals surface area (Å²) in [6.45, 7) is 4.31. The van der Waals surface area contributed by atoms with Crippen LogP contribution < -0.4 is 10.6 Å². The van der Waals surface area contributed by atoms with E-state index in [1.807, 2.05) is 49.3 Å². The van der Waals surface area contributed by atoms with E-state index in [-0.39, 0.29) is 5.69 Å². The van der Waals surface area contributed by atoms with Crippen LogP contribution in [0.4, 0.5) is 5.82 Å². The molecule has 0 aliphatic carbocycles. The highest BCUT2D eigenvalue weighted by atomic mass is 16.1. The van der Waals surface area contributed by atoms with Gasteiger partial charge in [-0.15, -0.1) is 0 Å². The molecule has 0 saturated carbocycles. The van der Waals surface area contributed by atoms with Crippen molar-refractivity contribution in [2.24, 2.45) is 0 Å². The van der Waals surface area contributed by atoms with Gasteiger partial charge in [0, 0.05) is 19.5 Å². The summed E-state index contributed by atoms with van der Waals surface area (Å²) in [5, 5.41) is 0.975. The Bertz CT molecular complexity index is 896. The number of benzene rings is 2. The lowest BCUT2D eigenvalue weighted by Crippen LogP contribution is -2.25. The molecule has 2 aromatic carbocycles. The Balaban J connectivity index is 2.43. The molecule has 0 aliphatic heterocycles. The molecule has 0 amide bonds. The normalized spacial score (nSPS) is 11.2. The molecule has 0 bridgehead atoms. The fourth-order valence-corrected chi connectivity index (χ4v) is 2.75. The minimum absolute atomic E-state index is 0.256. The predicted octanol–water partition coefficient (Wildman–Crippen LogP) is 3.58. The number of anilines is 1. The van der Waals surface area contributed by atoms with Gasteiger partial charge in [-0.25, -0.2) is 4.79 Å². The zero-order chi connectivity index (χ0) is 16.6. The highest BCUT2D eigenvalue weighted by Gasteiger charge is 2.14. The topological polar surface area (TPSA) is 38.1 Å². The molecule has 1 aromatic heterocycles. The first-order chi connectivity index (χ1) is 11.0. The van der Waals surface area contributed by atoms with Crippen LogP contribution in [0.2, 0.25) is 0 Å². The van der Waals surface area contributed by atoms with E-state index in [0.717, 1.165) is 16.6 Å². The Morgan fingerprint density at radius 2 is 1.74 bits per heavy atom. The first kappa shape index (κ1) is 15.3. The third-order valence-corrected chi connectivity index (χ3v) is 4.00. The van der Waals surface area contributed by atoms with Gasteiger partial charge in [-0.2, -0.15) is 4.98 Å². The van der Waals surface area contributed by atoms with Crippen LogP contribution in [0.1, 0.15) is 25.3 Å². The second-order valence-electron chi connectivity index (χ2n) is 6.21. The van der Waals surface area contributed by atoms with Crippen molar-refractivity contribution in [2.45, 2.75) is 19.8 Å². The number of para-hydroxylation sites is 1. The quantitative estimate of drug-likeness (QED) is 0.742. The fourth-order valence-electron chi connectivity index (χ4n) is 2.75. The third kappa shape index (κ3) is 2.72. The van der Waals surface area contributed by atoms with Crippen molar-refractivity contribution >= 4 is 16.7 Å². The maximum absolute atomic E-state index is 12.7. The molecule has 0 radical (unpaired) electrons. The van der Waals surface area contributed by atoms with Crippen molar-refractivity contribution in [1.82, 2.24) is 9.55 Å². The van der Waals surface area contributed by atoms with Gasteiger partial charge in [0.05, 0.1) is 11.2 Å². The average Bonchev–Trinajstić information content (AvgIpc) is 2.54. The Labute approximate surface area is 136 Å². The van der Waals surface area contributed by atoms with Crippen LogP contribution in [-0.2, 0) is 0 Å². The minimum atomic E-state index is -0.256. The zero-order valence-corrected chi connectivity index (χ0v) is 13.9. The molecular formula is C19H21N3O. The molecule has 4 nitrogen and oxygen atoms in total. The van der Waals surface area contributed by atoms with Crippen molar-refractivity contribution < 1.29 is 0 Å². The van der Waals surface area contributed by atoms with E-state index in [2.05, 4.69) is 37.0 Å². The Hall–Kier alpha value is -2.62. The number of hydrogen-bond donors (Lipinski definition) is 0.